The van der Waals surface area contributed by atoms with Crippen LogP contribution in [0, 0.1) is 0 Å². The van der Waals surface area contributed by atoms with Gasteiger partial charge in [-0.25, -0.2) is 9.97 Å². The molecule has 0 aliphatic carbocycles. The van der Waals surface area contributed by atoms with Gasteiger partial charge in [0.1, 0.15) is 11.8 Å². The van der Waals surface area contributed by atoms with Gasteiger partial charge in [-0.2, -0.15) is 4.98 Å². The average Bonchev–Trinajstić information content (AvgIpc) is 3.16. The highest BCUT2D eigenvalue weighted by atomic mass is 35.5. The summed E-state index contributed by atoms with van der Waals surface area (Å²) in [5, 5.41) is 32.7. The Bertz CT molecular complexity index is 1060. The third kappa shape index (κ3) is 2.73. The molecule has 1 aliphatic heterocycles. The number of nitrogens with zero attached hydrogens (tertiary/aromatic N) is 4. The lowest BCUT2D eigenvalue weighted by molar-refractivity contribution is -0.209. The Hall–Kier alpha value is -2.02. The number of hydrogen-bond donors (Lipinski definition) is 3. The summed E-state index contributed by atoms with van der Waals surface area (Å²) in [7, 11) is 0. The zero-order valence-electron chi connectivity index (χ0n) is 15.4. The van der Waals surface area contributed by atoms with Gasteiger partial charge in [0.25, 0.3) is 0 Å². The van der Waals surface area contributed by atoms with Crippen LogP contribution < -0.4 is 0 Å². The van der Waals surface area contributed by atoms with E-state index in [1.54, 1.807) is 0 Å². The van der Waals surface area contributed by atoms with Gasteiger partial charge in [-0.05, 0) is 32.4 Å². The fourth-order valence-electron chi connectivity index (χ4n) is 3.48. The predicted octanol–water partition coefficient (Wildman–Crippen LogP) is -0.594. The van der Waals surface area contributed by atoms with Crippen LogP contribution in [0.5, 0.6) is 0 Å². The first-order chi connectivity index (χ1) is 13.3. The number of rotatable bonds is 5. The maximum Gasteiger partial charge on any atom is 0.234 e. The van der Waals surface area contributed by atoms with E-state index in [1.165, 1.54) is 0 Å². The molecule has 13 heteroatoms. The van der Waals surface area contributed by atoms with E-state index in [-0.39, 0.29) is 21.6 Å². The molecule has 3 heterocycles. The molecule has 11 nitrogen and oxygen atoms in total. The highest BCUT2D eigenvalue weighted by Crippen LogP contribution is 2.44. The van der Waals surface area contributed by atoms with E-state index in [9.17, 15) is 29.7 Å². The lowest BCUT2D eigenvalue weighted by Crippen LogP contribution is -2.70. The molecule has 4 atom stereocenters. The molecule has 0 bridgehead atoms. The van der Waals surface area contributed by atoms with Gasteiger partial charge in [-0.3, -0.25) is 19.0 Å². The zero-order valence-corrected chi connectivity index (χ0v) is 16.9. The van der Waals surface area contributed by atoms with Gasteiger partial charge in [0.2, 0.25) is 11.0 Å². The molecule has 2 aromatic rings. The summed E-state index contributed by atoms with van der Waals surface area (Å²) < 4.78 is 6.08. The number of Topliss-reactive ketones (excluding diaryl/α,β-unsaturated/α-hetero) is 3. The van der Waals surface area contributed by atoms with Crippen molar-refractivity contribution in [3.05, 3.63) is 16.8 Å². The first kappa shape index (κ1) is 21.7. The second kappa shape index (κ2) is 6.76. The summed E-state index contributed by atoms with van der Waals surface area (Å²) in [6.45, 7) is 1.93. The molecule has 3 rings (SSSR count). The fraction of sp³-hybridized carbons (Fsp3) is 0.500. The molecular weight excluding hydrogens is 431 g/mol. The maximum absolute atomic E-state index is 12.6. The standard InChI is InChI=1S/C16H16Cl2N4O7/c1-6(23)14(26)4-29-12(15(14,27)7(2)24)16(28,8(3)25)22-5-19-9-10(17)20-13(18)21-11(9)22/h5,12,26-28H,4H2,1-3H3/t12-,14+,15+,16?/m0/s1. The van der Waals surface area contributed by atoms with Gasteiger partial charge in [0.05, 0.1) is 6.61 Å². The number of carbonyl (C=O) groups excluding carboxylic acids is 3. The molecule has 0 aromatic carbocycles. The van der Waals surface area contributed by atoms with Crippen molar-refractivity contribution in [1.29, 1.82) is 0 Å². The molecule has 1 unspecified atom stereocenters. The van der Waals surface area contributed by atoms with Crippen LogP contribution in [-0.2, 0) is 24.8 Å². The molecule has 2 aromatic heterocycles. The molecule has 1 aliphatic rings. The minimum absolute atomic E-state index is 0.0399. The van der Waals surface area contributed by atoms with Crippen molar-refractivity contribution < 1.29 is 34.4 Å². The molecule has 0 spiro atoms. The van der Waals surface area contributed by atoms with E-state index < -0.39 is 47.0 Å². The third-order valence-corrected chi connectivity index (χ3v) is 5.60. The van der Waals surface area contributed by atoms with Gasteiger partial charge in [0.15, 0.2) is 45.5 Å². The summed E-state index contributed by atoms with van der Waals surface area (Å²) in [6, 6.07) is 0. The van der Waals surface area contributed by atoms with Crippen molar-refractivity contribution in [3.8, 4) is 0 Å². The number of ether oxygens (including phenoxy) is 1. The van der Waals surface area contributed by atoms with E-state index in [1.807, 2.05) is 0 Å². The number of carbonyl (C=O) groups is 3. The Morgan fingerprint density at radius 2 is 1.83 bits per heavy atom. The van der Waals surface area contributed by atoms with Crippen LogP contribution in [0.25, 0.3) is 11.2 Å². The predicted molar refractivity (Wildman–Crippen MR) is 97.2 cm³/mol. The Kier molecular flexibility index (Phi) is 5.05. The van der Waals surface area contributed by atoms with Crippen molar-refractivity contribution in [2.45, 2.75) is 43.8 Å². The van der Waals surface area contributed by atoms with E-state index >= 15 is 0 Å². The van der Waals surface area contributed by atoms with Gasteiger partial charge in [0, 0.05) is 0 Å². The topological polar surface area (TPSA) is 165 Å². The maximum atomic E-state index is 12.6. The number of ketones is 3. The number of aromatic nitrogens is 4. The number of hydrogen-bond acceptors (Lipinski definition) is 10. The van der Waals surface area contributed by atoms with Crippen LogP contribution in [0.2, 0.25) is 10.4 Å². The van der Waals surface area contributed by atoms with Gasteiger partial charge in [-0.15, -0.1) is 0 Å². The minimum Gasteiger partial charge on any atom is -0.376 e. The van der Waals surface area contributed by atoms with E-state index in [0.717, 1.165) is 31.7 Å². The molecule has 29 heavy (non-hydrogen) atoms. The molecule has 1 saturated heterocycles. The molecule has 3 N–H and O–H groups in total. The van der Waals surface area contributed by atoms with Crippen LogP contribution in [0.3, 0.4) is 0 Å². The zero-order chi connectivity index (χ0) is 21.9. The van der Waals surface area contributed by atoms with E-state index in [2.05, 4.69) is 15.0 Å². The van der Waals surface area contributed by atoms with E-state index in [0.29, 0.717) is 0 Å². The van der Waals surface area contributed by atoms with Crippen LogP contribution in [-0.4, -0.2) is 76.1 Å². The molecule has 0 amide bonds. The quantitative estimate of drug-likeness (QED) is 0.398. The highest BCUT2D eigenvalue weighted by Gasteiger charge is 2.72. The fourth-order valence-corrected chi connectivity index (χ4v) is 3.90. The van der Waals surface area contributed by atoms with E-state index in [4.69, 9.17) is 27.9 Å². The molecule has 0 saturated carbocycles. The summed E-state index contributed by atoms with van der Waals surface area (Å²) in [4.78, 5) is 48.5. The smallest absolute Gasteiger partial charge is 0.234 e. The lowest BCUT2D eigenvalue weighted by Gasteiger charge is -2.41. The normalized spacial score (nSPS) is 29.0. The number of halogens is 2. The lowest BCUT2D eigenvalue weighted by atomic mass is 9.72. The number of fused-ring (bicyclic) bond motifs is 1. The Balaban J connectivity index is 2.32. The summed E-state index contributed by atoms with van der Waals surface area (Å²) in [6.07, 6.45) is -1.14. The van der Waals surface area contributed by atoms with Gasteiger partial charge < -0.3 is 20.1 Å². The summed E-state index contributed by atoms with van der Waals surface area (Å²) in [5.74, 6) is -3.11. The van der Waals surface area contributed by atoms with Crippen molar-refractivity contribution in [2.75, 3.05) is 6.61 Å². The van der Waals surface area contributed by atoms with Gasteiger partial charge >= 0.3 is 0 Å². The van der Waals surface area contributed by atoms with Crippen LogP contribution in [0.1, 0.15) is 20.8 Å². The molecule has 1 fully saturated rings. The SMILES string of the molecule is CC(=O)C(O)([C@H]1OC[C@@](O)(C(C)=O)[C@@]1(O)C(C)=O)n1cnc2c(Cl)nc(Cl)nc21. The summed E-state index contributed by atoms with van der Waals surface area (Å²) >= 11 is 11.8. The Morgan fingerprint density at radius 3 is 2.34 bits per heavy atom. The number of imidazole rings is 1. The first-order valence-electron chi connectivity index (χ1n) is 8.20. The molecular formula is C16H16Cl2N4O7. The van der Waals surface area contributed by atoms with Gasteiger partial charge in [-0.1, -0.05) is 11.6 Å². The monoisotopic (exact) mass is 446 g/mol. The molecule has 156 valence electrons. The Morgan fingerprint density at radius 1 is 1.21 bits per heavy atom. The first-order valence-corrected chi connectivity index (χ1v) is 8.95. The van der Waals surface area contributed by atoms with Crippen LogP contribution in [0.4, 0.5) is 0 Å². The molecule has 0 radical (unpaired) electrons. The van der Waals surface area contributed by atoms with Crippen molar-refractivity contribution in [2.24, 2.45) is 0 Å². The van der Waals surface area contributed by atoms with Crippen LogP contribution in [0.15, 0.2) is 6.33 Å². The number of aliphatic hydroxyl groups is 3. The second-order valence-electron chi connectivity index (χ2n) is 6.78. The highest BCUT2D eigenvalue weighted by molar-refractivity contribution is 6.35. The van der Waals surface area contributed by atoms with Crippen LogP contribution >= 0.6 is 23.2 Å². The average molecular weight is 447 g/mol. The third-order valence-electron chi connectivity index (χ3n) is 5.17. The van der Waals surface area contributed by atoms with Crippen molar-refractivity contribution >= 4 is 51.7 Å². The largest absolute Gasteiger partial charge is 0.376 e. The van der Waals surface area contributed by atoms with Crippen molar-refractivity contribution in [3.63, 3.8) is 0 Å². The minimum atomic E-state index is -2.96. The van der Waals surface area contributed by atoms with Crippen molar-refractivity contribution in [1.82, 2.24) is 19.5 Å². The Labute approximate surface area is 173 Å². The second-order valence-corrected chi connectivity index (χ2v) is 7.48. The summed E-state index contributed by atoms with van der Waals surface area (Å²) in [5.41, 5.74) is -8.73.